The van der Waals surface area contributed by atoms with Crippen LogP contribution in [0.3, 0.4) is 0 Å². The third-order valence-electron chi connectivity index (χ3n) is 3.95. The highest BCUT2D eigenvalue weighted by molar-refractivity contribution is 6.21. The summed E-state index contributed by atoms with van der Waals surface area (Å²) in [6, 6.07) is 18.0. The van der Waals surface area contributed by atoms with E-state index in [1.807, 2.05) is 48.6 Å². The fourth-order valence-corrected chi connectivity index (χ4v) is 2.75. The molecule has 0 fully saturated rings. The Labute approximate surface area is 129 Å². The molecule has 0 spiro atoms. The van der Waals surface area contributed by atoms with Crippen LogP contribution in [0.25, 0.3) is 0 Å². The van der Waals surface area contributed by atoms with E-state index in [0.717, 1.165) is 0 Å². The van der Waals surface area contributed by atoms with Crippen molar-refractivity contribution in [2.24, 2.45) is 5.41 Å². The SMILES string of the molecule is O=C(c1ccccc1)C1(C(=O)c2ccccc2)C=CC=CC1. The zero-order chi connectivity index (χ0) is 15.4. The molecule has 0 saturated carbocycles. The Kier molecular flexibility index (Phi) is 3.84. The van der Waals surface area contributed by atoms with Crippen LogP contribution in [0.15, 0.2) is 85.0 Å². The molecule has 0 bridgehead atoms. The Balaban J connectivity index is 2.07. The molecule has 2 aromatic rings. The first kappa shape index (κ1) is 14.2. The minimum absolute atomic E-state index is 0.150. The number of hydrogen-bond acceptors (Lipinski definition) is 2. The van der Waals surface area contributed by atoms with E-state index in [-0.39, 0.29) is 11.6 Å². The van der Waals surface area contributed by atoms with Gasteiger partial charge in [0.2, 0.25) is 0 Å². The molecule has 3 rings (SSSR count). The van der Waals surface area contributed by atoms with E-state index in [1.54, 1.807) is 36.4 Å². The van der Waals surface area contributed by atoms with Crippen LogP contribution < -0.4 is 0 Å². The van der Waals surface area contributed by atoms with E-state index in [4.69, 9.17) is 0 Å². The summed E-state index contributed by atoms with van der Waals surface area (Å²) in [5, 5.41) is 0. The first-order chi connectivity index (χ1) is 10.7. The molecule has 1 aliphatic carbocycles. The molecule has 0 unspecified atom stereocenters. The van der Waals surface area contributed by atoms with Gasteiger partial charge in [-0.15, -0.1) is 0 Å². The lowest BCUT2D eigenvalue weighted by Crippen LogP contribution is -2.38. The van der Waals surface area contributed by atoms with E-state index in [9.17, 15) is 9.59 Å². The van der Waals surface area contributed by atoms with Gasteiger partial charge in [-0.3, -0.25) is 9.59 Å². The first-order valence-corrected chi connectivity index (χ1v) is 7.28. The van der Waals surface area contributed by atoms with Crippen molar-refractivity contribution < 1.29 is 9.59 Å². The van der Waals surface area contributed by atoms with Gasteiger partial charge in [0.15, 0.2) is 11.6 Å². The molecule has 108 valence electrons. The first-order valence-electron chi connectivity index (χ1n) is 7.28. The number of hydrogen-bond donors (Lipinski definition) is 0. The Morgan fingerprint density at radius 3 is 1.64 bits per heavy atom. The van der Waals surface area contributed by atoms with E-state index in [1.165, 1.54) is 0 Å². The molecule has 2 nitrogen and oxygen atoms in total. The van der Waals surface area contributed by atoms with Crippen molar-refractivity contribution >= 4 is 11.6 Å². The zero-order valence-electron chi connectivity index (χ0n) is 12.1. The summed E-state index contributed by atoms with van der Waals surface area (Å²) in [7, 11) is 0. The van der Waals surface area contributed by atoms with Crippen molar-refractivity contribution in [3.8, 4) is 0 Å². The second-order valence-electron chi connectivity index (χ2n) is 5.35. The van der Waals surface area contributed by atoms with Gasteiger partial charge in [-0.25, -0.2) is 0 Å². The van der Waals surface area contributed by atoms with Crippen molar-refractivity contribution in [3.63, 3.8) is 0 Å². The summed E-state index contributed by atoms with van der Waals surface area (Å²) in [5.74, 6) is -0.301. The molecule has 0 aromatic heterocycles. The molecule has 2 aromatic carbocycles. The Bertz CT molecular complexity index is 688. The normalized spacial score (nSPS) is 15.5. The summed E-state index contributed by atoms with van der Waals surface area (Å²) in [6.07, 6.45) is 7.66. The number of ketones is 2. The topological polar surface area (TPSA) is 34.1 Å². The maximum atomic E-state index is 13.0. The number of carbonyl (C=O) groups is 2. The van der Waals surface area contributed by atoms with Crippen LogP contribution in [0.1, 0.15) is 27.1 Å². The molecule has 0 radical (unpaired) electrons. The standard InChI is InChI=1S/C20H16O2/c21-18(16-10-4-1-5-11-16)20(14-8-3-9-15-20)19(22)17-12-6-2-7-13-17/h1-14H,15H2. The Morgan fingerprint density at radius 1 is 0.727 bits per heavy atom. The summed E-state index contributed by atoms with van der Waals surface area (Å²) in [5.41, 5.74) is -0.0178. The van der Waals surface area contributed by atoms with Crippen LogP contribution in [0, 0.1) is 5.41 Å². The quantitative estimate of drug-likeness (QED) is 0.622. The van der Waals surface area contributed by atoms with Gasteiger partial charge in [0.1, 0.15) is 5.41 Å². The van der Waals surface area contributed by atoms with Crippen molar-refractivity contribution in [3.05, 3.63) is 96.1 Å². The Morgan fingerprint density at radius 2 is 1.23 bits per heavy atom. The second-order valence-corrected chi connectivity index (χ2v) is 5.35. The minimum Gasteiger partial charge on any atom is -0.293 e. The highest BCUT2D eigenvalue weighted by atomic mass is 16.2. The van der Waals surface area contributed by atoms with Gasteiger partial charge in [0, 0.05) is 11.1 Å². The Hall–Kier alpha value is -2.74. The number of rotatable bonds is 4. The lowest BCUT2D eigenvalue weighted by molar-refractivity contribution is 0.0727. The predicted molar refractivity (Wildman–Crippen MR) is 86.9 cm³/mol. The van der Waals surface area contributed by atoms with E-state index < -0.39 is 5.41 Å². The lowest BCUT2D eigenvalue weighted by atomic mass is 9.70. The largest absolute Gasteiger partial charge is 0.293 e. The van der Waals surface area contributed by atoms with Gasteiger partial charge in [-0.1, -0.05) is 85.0 Å². The van der Waals surface area contributed by atoms with Gasteiger partial charge in [-0.2, -0.15) is 0 Å². The second kappa shape index (κ2) is 5.94. The lowest BCUT2D eigenvalue weighted by Gasteiger charge is -2.28. The molecule has 0 amide bonds. The predicted octanol–water partition coefficient (Wildman–Crippen LogP) is 4.25. The average Bonchev–Trinajstić information content (AvgIpc) is 2.62. The molecule has 0 saturated heterocycles. The molecular formula is C20H16O2. The van der Waals surface area contributed by atoms with Crippen molar-refractivity contribution in [2.75, 3.05) is 0 Å². The zero-order valence-corrected chi connectivity index (χ0v) is 12.1. The highest BCUT2D eigenvalue weighted by Gasteiger charge is 2.43. The van der Waals surface area contributed by atoms with Crippen LogP contribution in [-0.4, -0.2) is 11.6 Å². The van der Waals surface area contributed by atoms with Crippen LogP contribution in [0.4, 0.5) is 0 Å². The van der Waals surface area contributed by atoms with Crippen LogP contribution in [-0.2, 0) is 0 Å². The van der Waals surface area contributed by atoms with Crippen LogP contribution in [0.2, 0.25) is 0 Å². The average molecular weight is 288 g/mol. The monoisotopic (exact) mass is 288 g/mol. The van der Waals surface area contributed by atoms with E-state index >= 15 is 0 Å². The summed E-state index contributed by atoms with van der Waals surface area (Å²) in [6.45, 7) is 0. The van der Waals surface area contributed by atoms with Gasteiger partial charge in [-0.05, 0) is 6.42 Å². The molecular weight excluding hydrogens is 272 g/mol. The molecule has 0 aliphatic heterocycles. The molecule has 0 heterocycles. The third kappa shape index (κ3) is 2.44. The smallest absolute Gasteiger partial charge is 0.180 e. The summed E-state index contributed by atoms with van der Waals surface area (Å²) < 4.78 is 0. The number of allylic oxidation sites excluding steroid dienone is 4. The van der Waals surface area contributed by atoms with E-state index in [0.29, 0.717) is 17.5 Å². The van der Waals surface area contributed by atoms with Gasteiger partial charge >= 0.3 is 0 Å². The van der Waals surface area contributed by atoms with Crippen LogP contribution in [0.5, 0.6) is 0 Å². The number of benzene rings is 2. The summed E-state index contributed by atoms with van der Waals surface area (Å²) in [4.78, 5) is 26.1. The molecule has 0 atom stereocenters. The maximum Gasteiger partial charge on any atom is 0.180 e. The number of Topliss-reactive ketones (excluding diaryl/α,β-unsaturated/α-hetero) is 2. The minimum atomic E-state index is -1.14. The maximum absolute atomic E-state index is 13.0. The fourth-order valence-electron chi connectivity index (χ4n) is 2.75. The third-order valence-corrected chi connectivity index (χ3v) is 3.95. The van der Waals surface area contributed by atoms with Gasteiger partial charge < -0.3 is 0 Å². The molecule has 22 heavy (non-hydrogen) atoms. The van der Waals surface area contributed by atoms with Gasteiger partial charge in [0.05, 0.1) is 0 Å². The van der Waals surface area contributed by atoms with Crippen LogP contribution >= 0.6 is 0 Å². The molecule has 1 aliphatic rings. The van der Waals surface area contributed by atoms with Crippen molar-refractivity contribution in [1.82, 2.24) is 0 Å². The van der Waals surface area contributed by atoms with Gasteiger partial charge in [0.25, 0.3) is 0 Å². The summed E-state index contributed by atoms with van der Waals surface area (Å²) >= 11 is 0. The van der Waals surface area contributed by atoms with Crippen molar-refractivity contribution in [1.29, 1.82) is 0 Å². The van der Waals surface area contributed by atoms with E-state index in [2.05, 4.69) is 0 Å². The molecule has 2 heteroatoms. The number of carbonyl (C=O) groups excluding carboxylic acids is 2. The fraction of sp³-hybridized carbons (Fsp3) is 0.100. The van der Waals surface area contributed by atoms with Crippen molar-refractivity contribution in [2.45, 2.75) is 6.42 Å². The molecule has 0 N–H and O–H groups in total. The highest BCUT2D eigenvalue weighted by Crippen LogP contribution is 2.35.